The summed E-state index contributed by atoms with van der Waals surface area (Å²) in [4.78, 5) is 11.6. The van der Waals surface area contributed by atoms with Gasteiger partial charge < -0.3 is 10.1 Å². The van der Waals surface area contributed by atoms with Crippen LogP contribution in [0.1, 0.15) is 28.8 Å². The van der Waals surface area contributed by atoms with Crippen molar-refractivity contribution in [3.63, 3.8) is 0 Å². The summed E-state index contributed by atoms with van der Waals surface area (Å²) in [5.41, 5.74) is -1.66. The molecule has 0 saturated heterocycles. The van der Waals surface area contributed by atoms with Gasteiger partial charge in [0.05, 0.1) is 11.1 Å². The van der Waals surface area contributed by atoms with Crippen molar-refractivity contribution in [2.75, 3.05) is 20.3 Å². The molecule has 3 nitrogen and oxygen atoms in total. The minimum Gasteiger partial charge on any atom is -0.385 e. The van der Waals surface area contributed by atoms with Gasteiger partial charge in [-0.05, 0) is 31.0 Å². The van der Waals surface area contributed by atoms with Crippen LogP contribution in [-0.4, -0.2) is 26.2 Å². The molecule has 0 aliphatic heterocycles. The zero-order valence-electron chi connectivity index (χ0n) is 10.9. The highest BCUT2D eigenvalue weighted by molar-refractivity contribution is 5.94. The Bertz CT molecular complexity index is 460. The fourth-order valence-electron chi connectivity index (χ4n) is 1.54. The first kappa shape index (κ1) is 16.4. The van der Waals surface area contributed by atoms with E-state index in [4.69, 9.17) is 4.74 Å². The molecule has 0 heterocycles. The summed E-state index contributed by atoms with van der Waals surface area (Å²) in [6.07, 6.45) is -3.32. The molecule has 1 aromatic rings. The standard InChI is InChI=1S/C13H15F4NO2/c1-20-7-3-2-6-18-12(19)10-8-9(13(15,16)17)4-5-11(10)14/h4-5,8H,2-3,6-7H2,1H3,(H,18,19). The lowest BCUT2D eigenvalue weighted by molar-refractivity contribution is -0.137. The molecule has 1 N–H and O–H groups in total. The molecule has 1 rings (SSSR count). The Morgan fingerprint density at radius 3 is 2.60 bits per heavy atom. The number of hydrogen-bond acceptors (Lipinski definition) is 2. The average Bonchev–Trinajstić information content (AvgIpc) is 2.37. The van der Waals surface area contributed by atoms with Gasteiger partial charge >= 0.3 is 6.18 Å². The van der Waals surface area contributed by atoms with Crippen LogP contribution < -0.4 is 5.32 Å². The predicted molar refractivity (Wildman–Crippen MR) is 64.8 cm³/mol. The number of rotatable bonds is 6. The Morgan fingerprint density at radius 1 is 1.30 bits per heavy atom. The molecule has 1 aromatic carbocycles. The molecule has 0 saturated carbocycles. The van der Waals surface area contributed by atoms with E-state index in [9.17, 15) is 22.4 Å². The van der Waals surface area contributed by atoms with E-state index < -0.39 is 29.0 Å². The number of carbonyl (C=O) groups is 1. The quantitative estimate of drug-likeness (QED) is 0.647. The molecule has 0 aromatic heterocycles. The van der Waals surface area contributed by atoms with Gasteiger partial charge in [0.15, 0.2) is 0 Å². The minimum absolute atomic E-state index is 0.248. The monoisotopic (exact) mass is 293 g/mol. The zero-order chi connectivity index (χ0) is 15.2. The molecule has 0 radical (unpaired) electrons. The van der Waals surface area contributed by atoms with Gasteiger partial charge in [-0.3, -0.25) is 4.79 Å². The second-order valence-electron chi connectivity index (χ2n) is 4.15. The summed E-state index contributed by atoms with van der Waals surface area (Å²) in [5.74, 6) is -1.83. The van der Waals surface area contributed by atoms with Gasteiger partial charge in [-0.15, -0.1) is 0 Å². The summed E-state index contributed by atoms with van der Waals surface area (Å²) in [6, 6.07) is 1.76. The van der Waals surface area contributed by atoms with Crippen LogP contribution in [-0.2, 0) is 10.9 Å². The number of hydrogen-bond donors (Lipinski definition) is 1. The van der Waals surface area contributed by atoms with Crippen LogP contribution in [0.5, 0.6) is 0 Å². The number of ether oxygens (including phenoxy) is 1. The van der Waals surface area contributed by atoms with Crippen molar-refractivity contribution in [1.29, 1.82) is 0 Å². The van der Waals surface area contributed by atoms with Crippen LogP contribution in [0, 0.1) is 5.82 Å². The van der Waals surface area contributed by atoms with Crippen LogP contribution in [0.2, 0.25) is 0 Å². The van der Waals surface area contributed by atoms with Crippen LogP contribution in [0.15, 0.2) is 18.2 Å². The van der Waals surface area contributed by atoms with E-state index in [1.165, 1.54) is 7.11 Å². The van der Waals surface area contributed by atoms with E-state index in [1.807, 2.05) is 0 Å². The normalized spacial score (nSPS) is 11.4. The maximum atomic E-state index is 13.4. The SMILES string of the molecule is COCCCCNC(=O)c1cc(C(F)(F)F)ccc1F. The lowest BCUT2D eigenvalue weighted by Gasteiger charge is -2.10. The van der Waals surface area contributed by atoms with E-state index in [0.29, 0.717) is 37.6 Å². The Balaban J connectivity index is 2.67. The molecule has 0 aliphatic carbocycles. The van der Waals surface area contributed by atoms with Gasteiger partial charge in [0.2, 0.25) is 0 Å². The highest BCUT2D eigenvalue weighted by atomic mass is 19.4. The van der Waals surface area contributed by atoms with Crippen molar-refractivity contribution >= 4 is 5.91 Å². The van der Waals surface area contributed by atoms with Crippen molar-refractivity contribution in [3.8, 4) is 0 Å². The summed E-state index contributed by atoms with van der Waals surface area (Å²) in [7, 11) is 1.54. The molecule has 7 heteroatoms. The summed E-state index contributed by atoms with van der Waals surface area (Å²) < 4.78 is 55.7. The third kappa shape index (κ3) is 4.80. The molecular weight excluding hydrogens is 278 g/mol. The van der Waals surface area contributed by atoms with E-state index in [0.717, 1.165) is 0 Å². The third-order valence-electron chi connectivity index (χ3n) is 2.60. The summed E-state index contributed by atoms with van der Waals surface area (Å²) in [5, 5.41) is 2.38. The van der Waals surface area contributed by atoms with Crippen LogP contribution in [0.25, 0.3) is 0 Å². The molecule has 0 fully saturated rings. The fraction of sp³-hybridized carbons (Fsp3) is 0.462. The van der Waals surface area contributed by atoms with E-state index in [1.54, 1.807) is 0 Å². The Morgan fingerprint density at radius 2 is 2.00 bits per heavy atom. The van der Waals surface area contributed by atoms with Crippen molar-refractivity contribution in [2.45, 2.75) is 19.0 Å². The van der Waals surface area contributed by atoms with Crippen LogP contribution >= 0.6 is 0 Å². The molecule has 20 heavy (non-hydrogen) atoms. The molecule has 0 bridgehead atoms. The number of methoxy groups -OCH3 is 1. The lowest BCUT2D eigenvalue weighted by atomic mass is 10.1. The summed E-state index contributed by atoms with van der Waals surface area (Å²) >= 11 is 0. The molecule has 1 amide bonds. The molecule has 0 spiro atoms. The highest BCUT2D eigenvalue weighted by Crippen LogP contribution is 2.30. The fourth-order valence-corrected chi connectivity index (χ4v) is 1.54. The third-order valence-corrected chi connectivity index (χ3v) is 2.60. The van der Waals surface area contributed by atoms with Gasteiger partial charge in [0, 0.05) is 20.3 Å². The number of nitrogens with one attached hydrogen (secondary N) is 1. The van der Waals surface area contributed by atoms with E-state index >= 15 is 0 Å². The molecule has 0 atom stereocenters. The van der Waals surface area contributed by atoms with Crippen LogP contribution in [0.4, 0.5) is 17.6 Å². The predicted octanol–water partition coefficient (Wildman–Crippen LogP) is 3.00. The number of halogens is 4. The number of carbonyl (C=O) groups excluding carboxylic acids is 1. The summed E-state index contributed by atoms with van der Waals surface area (Å²) in [6.45, 7) is 0.770. The van der Waals surface area contributed by atoms with Crippen LogP contribution in [0.3, 0.4) is 0 Å². The van der Waals surface area contributed by atoms with Gasteiger partial charge in [-0.1, -0.05) is 0 Å². The smallest absolute Gasteiger partial charge is 0.385 e. The maximum Gasteiger partial charge on any atom is 0.416 e. The second kappa shape index (κ2) is 7.23. The first-order valence-electron chi connectivity index (χ1n) is 6.00. The minimum atomic E-state index is -4.61. The topological polar surface area (TPSA) is 38.3 Å². The molecular formula is C13H15F4NO2. The first-order valence-corrected chi connectivity index (χ1v) is 6.00. The first-order chi connectivity index (χ1) is 9.36. The zero-order valence-corrected chi connectivity index (χ0v) is 10.9. The average molecular weight is 293 g/mol. The largest absolute Gasteiger partial charge is 0.416 e. The number of amides is 1. The number of benzene rings is 1. The van der Waals surface area contributed by atoms with Crippen molar-refractivity contribution in [2.24, 2.45) is 0 Å². The van der Waals surface area contributed by atoms with Gasteiger partial charge in [0.1, 0.15) is 5.82 Å². The highest BCUT2D eigenvalue weighted by Gasteiger charge is 2.31. The molecule has 0 unspecified atom stereocenters. The Kier molecular flexibility index (Phi) is 5.94. The molecule has 0 aliphatic rings. The second-order valence-corrected chi connectivity index (χ2v) is 4.15. The van der Waals surface area contributed by atoms with Gasteiger partial charge in [0.25, 0.3) is 5.91 Å². The van der Waals surface area contributed by atoms with Crippen molar-refractivity contribution in [3.05, 3.63) is 35.1 Å². The number of unbranched alkanes of at least 4 members (excludes halogenated alkanes) is 1. The Labute approximate surface area is 113 Å². The van der Waals surface area contributed by atoms with Crippen molar-refractivity contribution < 1.29 is 27.1 Å². The number of alkyl halides is 3. The lowest BCUT2D eigenvalue weighted by Crippen LogP contribution is -2.26. The van der Waals surface area contributed by atoms with Gasteiger partial charge in [-0.2, -0.15) is 13.2 Å². The van der Waals surface area contributed by atoms with E-state index in [2.05, 4.69) is 5.32 Å². The maximum absolute atomic E-state index is 13.4. The molecule has 112 valence electrons. The van der Waals surface area contributed by atoms with Gasteiger partial charge in [-0.25, -0.2) is 4.39 Å². The Hall–Kier alpha value is -1.63. The van der Waals surface area contributed by atoms with Crippen molar-refractivity contribution in [1.82, 2.24) is 5.32 Å². The van der Waals surface area contributed by atoms with E-state index in [-0.39, 0.29) is 6.54 Å².